The molecule has 0 aliphatic rings. The van der Waals surface area contributed by atoms with E-state index in [-0.39, 0.29) is 11.6 Å². The Hall–Kier alpha value is -2.01. The van der Waals surface area contributed by atoms with Crippen LogP contribution in [0.25, 0.3) is 0 Å². The maximum absolute atomic E-state index is 13.5. The van der Waals surface area contributed by atoms with Crippen molar-refractivity contribution in [3.63, 3.8) is 0 Å². The first-order chi connectivity index (χ1) is 9.97. The van der Waals surface area contributed by atoms with Crippen molar-refractivity contribution in [3.05, 3.63) is 53.2 Å². The molecule has 0 spiro atoms. The molecule has 0 amide bonds. The van der Waals surface area contributed by atoms with Gasteiger partial charge in [-0.3, -0.25) is 0 Å². The second-order valence-corrected chi connectivity index (χ2v) is 5.08. The van der Waals surface area contributed by atoms with Crippen LogP contribution in [0.1, 0.15) is 25.1 Å². The SMILES string of the molecule is Cc1nc(Oc2cccc(F)c2F)ccc1CNC(C)C. The summed E-state index contributed by atoms with van der Waals surface area (Å²) in [6.07, 6.45) is 0. The number of nitrogens with one attached hydrogen (secondary N) is 1. The molecule has 1 aromatic carbocycles. The average Bonchev–Trinajstić information content (AvgIpc) is 2.43. The molecule has 2 rings (SSSR count). The van der Waals surface area contributed by atoms with E-state index in [1.165, 1.54) is 12.1 Å². The van der Waals surface area contributed by atoms with Crippen molar-refractivity contribution in [1.82, 2.24) is 10.3 Å². The number of aromatic nitrogens is 1. The van der Waals surface area contributed by atoms with Crippen LogP contribution in [0.5, 0.6) is 11.6 Å². The summed E-state index contributed by atoms with van der Waals surface area (Å²) in [5.41, 5.74) is 1.83. The summed E-state index contributed by atoms with van der Waals surface area (Å²) in [6, 6.07) is 7.69. The fourth-order valence-corrected chi connectivity index (χ4v) is 1.80. The number of rotatable bonds is 5. The van der Waals surface area contributed by atoms with Crippen LogP contribution in [0.15, 0.2) is 30.3 Å². The Morgan fingerprint density at radius 2 is 1.95 bits per heavy atom. The number of benzene rings is 1. The van der Waals surface area contributed by atoms with Gasteiger partial charge in [0.25, 0.3) is 0 Å². The molecular weight excluding hydrogens is 274 g/mol. The van der Waals surface area contributed by atoms with Gasteiger partial charge in [-0.25, -0.2) is 9.37 Å². The van der Waals surface area contributed by atoms with Crippen molar-refractivity contribution < 1.29 is 13.5 Å². The summed E-state index contributed by atoms with van der Waals surface area (Å²) in [5.74, 6) is -1.88. The first-order valence-electron chi connectivity index (χ1n) is 6.79. The van der Waals surface area contributed by atoms with Crippen molar-refractivity contribution in [2.75, 3.05) is 0 Å². The molecule has 21 heavy (non-hydrogen) atoms. The summed E-state index contributed by atoms with van der Waals surface area (Å²) in [7, 11) is 0. The first-order valence-corrected chi connectivity index (χ1v) is 6.79. The molecule has 0 saturated carbocycles. The van der Waals surface area contributed by atoms with Gasteiger partial charge < -0.3 is 10.1 Å². The largest absolute Gasteiger partial charge is 0.436 e. The molecule has 0 aliphatic carbocycles. The van der Waals surface area contributed by atoms with E-state index < -0.39 is 11.6 Å². The molecular formula is C16H18F2N2O. The highest BCUT2D eigenvalue weighted by Gasteiger charge is 2.11. The Morgan fingerprint density at radius 3 is 2.62 bits per heavy atom. The molecule has 1 heterocycles. The van der Waals surface area contributed by atoms with Gasteiger partial charge in [-0.15, -0.1) is 0 Å². The molecule has 0 unspecified atom stereocenters. The number of pyridine rings is 1. The molecule has 112 valence electrons. The number of hydrogen-bond acceptors (Lipinski definition) is 3. The van der Waals surface area contributed by atoms with Gasteiger partial charge in [-0.2, -0.15) is 4.39 Å². The van der Waals surface area contributed by atoms with E-state index in [0.29, 0.717) is 12.6 Å². The lowest BCUT2D eigenvalue weighted by molar-refractivity contribution is 0.404. The van der Waals surface area contributed by atoms with E-state index in [1.54, 1.807) is 6.07 Å². The topological polar surface area (TPSA) is 34.1 Å². The summed E-state index contributed by atoms with van der Waals surface area (Å²) < 4.78 is 32.0. The third-order valence-corrected chi connectivity index (χ3v) is 3.00. The number of halogens is 2. The van der Waals surface area contributed by atoms with Gasteiger partial charge in [0.15, 0.2) is 11.6 Å². The third kappa shape index (κ3) is 3.98. The fraction of sp³-hybridized carbons (Fsp3) is 0.312. The van der Waals surface area contributed by atoms with Gasteiger partial charge in [-0.1, -0.05) is 26.0 Å². The zero-order valence-electron chi connectivity index (χ0n) is 12.3. The Labute approximate surface area is 123 Å². The fourth-order valence-electron chi connectivity index (χ4n) is 1.80. The maximum atomic E-state index is 13.5. The maximum Gasteiger partial charge on any atom is 0.219 e. The molecule has 5 heteroatoms. The summed E-state index contributed by atoms with van der Waals surface area (Å²) >= 11 is 0. The Kier molecular flexibility index (Phi) is 4.85. The lowest BCUT2D eigenvalue weighted by atomic mass is 10.2. The molecule has 1 aromatic heterocycles. The minimum absolute atomic E-state index is 0.171. The normalized spacial score (nSPS) is 11.0. The smallest absolute Gasteiger partial charge is 0.219 e. The molecule has 1 N–H and O–H groups in total. The molecule has 0 radical (unpaired) electrons. The molecule has 0 aliphatic heterocycles. The van der Waals surface area contributed by atoms with Crippen LogP contribution in [-0.4, -0.2) is 11.0 Å². The van der Waals surface area contributed by atoms with Crippen LogP contribution in [0, 0.1) is 18.6 Å². The number of ether oxygens (including phenoxy) is 1. The molecule has 2 aromatic rings. The van der Waals surface area contributed by atoms with Crippen LogP contribution in [0.4, 0.5) is 8.78 Å². The lowest BCUT2D eigenvalue weighted by Gasteiger charge is -2.12. The minimum Gasteiger partial charge on any atom is -0.436 e. The Balaban J connectivity index is 2.15. The molecule has 0 saturated heterocycles. The van der Waals surface area contributed by atoms with Crippen molar-refractivity contribution in [1.29, 1.82) is 0 Å². The zero-order valence-corrected chi connectivity index (χ0v) is 12.3. The van der Waals surface area contributed by atoms with Crippen LogP contribution >= 0.6 is 0 Å². The van der Waals surface area contributed by atoms with Crippen molar-refractivity contribution >= 4 is 0 Å². The predicted molar refractivity (Wildman–Crippen MR) is 77.4 cm³/mol. The molecule has 0 fully saturated rings. The van der Waals surface area contributed by atoms with Gasteiger partial charge in [0, 0.05) is 24.3 Å². The Bertz CT molecular complexity index is 630. The highest BCUT2D eigenvalue weighted by molar-refractivity contribution is 5.31. The quantitative estimate of drug-likeness (QED) is 0.905. The number of hydrogen-bond donors (Lipinski definition) is 1. The standard InChI is InChI=1S/C16H18F2N2O/c1-10(2)19-9-12-7-8-15(20-11(12)3)21-14-6-4-5-13(17)16(14)18/h4-8,10,19H,9H2,1-3H3. The third-order valence-electron chi connectivity index (χ3n) is 3.00. The van der Waals surface area contributed by atoms with Crippen LogP contribution in [0.2, 0.25) is 0 Å². The molecule has 0 atom stereocenters. The zero-order chi connectivity index (χ0) is 15.4. The van der Waals surface area contributed by atoms with Gasteiger partial charge in [0.2, 0.25) is 11.7 Å². The van der Waals surface area contributed by atoms with E-state index in [4.69, 9.17) is 4.74 Å². The van der Waals surface area contributed by atoms with Gasteiger partial charge >= 0.3 is 0 Å². The summed E-state index contributed by atoms with van der Waals surface area (Å²) in [6.45, 7) is 6.68. The van der Waals surface area contributed by atoms with Crippen molar-refractivity contribution in [2.45, 2.75) is 33.4 Å². The number of nitrogens with zero attached hydrogens (tertiary/aromatic N) is 1. The van der Waals surface area contributed by atoms with Gasteiger partial charge in [-0.05, 0) is 24.6 Å². The van der Waals surface area contributed by atoms with Crippen molar-refractivity contribution in [2.24, 2.45) is 0 Å². The van der Waals surface area contributed by atoms with E-state index in [1.807, 2.05) is 13.0 Å². The summed E-state index contributed by atoms with van der Waals surface area (Å²) in [5, 5.41) is 3.30. The van der Waals surface area contributed by atoms with Gasteiger partial charge in [0.1, 0.15) is 0 Å². The van der Waals surface area contributed by atoms with Crippen LogP contribution in [-0.2, 0) is 6.54 Å². The average molecular weight is 292 g/mol. The van der Waals surface area contributed by atoms with Crippen LogP contribution < -0.4 is 10.1 Å². The summed E-state index contributed by atoms with van der Waals surface area (Å²) in [4.78, 5) is 4.27. The Morgan fingerprint density at radius 1 is 1.19 bits per heavy atom. The molecule has 0 bridgehead atoms. The first kappa shape index (κ1) is 15.4. The van der Waals surface area contributed by atoms with E-state index in [9.17, 15) is 8.78 Å². The minimum atomic E-state index is -1.01. The van der Waals surface area contributed by atoms with Crippen LogP contribution in [0.3, 0.4) is 0 Å². The van der Waals surface area contributed by atoms with Gasteiger partial charge in [0.05, 0.1) is 0 Å². The van der Waals surface area contributed by atoms with E-state index in [0.717, 1.165) is 17.3 Å². The van der Waals surface area contributed by atoms with E-state index >= 15 is 0 Å². The lowest BCUT2D eigenvalue weighted by Crippen LogP contribution is -2.22. The van der Waals surface area contributed by atoms with Crippen molar-refractivity contribution in [3.8, 4) is 11.6 Å². The second-order valence-electron chi connectivity index (χ2n) is 5.08. The highest BCUT2D eigenvalue weighted by atomic mass is 19.2. The number of aryl methyl sites for hydroxylation is 1. The van der Waals surface area contributed by atoms with E-state index in [2.05, 4.69) is 24.1 Å². The highest BCUT2D eigenvalue weighted by Crippen LogP contribution is 2.25. The predicted octanol–water partition coefficient (Wildman–Crippen LogP) is 3.96. The monoisotopic (exact) mass is 292 g/mol. The molecule has 3 nitrogen and oxygen atoms in total. The second kappa shape index (κ2) is 6.63.